The van der Waals surface area contributed by atoms with Gasteiger partial charge in [0.2, 0.25) is 0 Å². The summed E-state index contributed by atoms with van der Waals surface area (Å²) in [6, 6.07) is 1.61. The van der Waals surface area contributed by atoms with Gasteiger partial charge in [0.25, 0.3) is 5.78 Å². The molecular weight excluding hydrogens is 258 g/mol. The van der Waals surface area contributed by atoms with Crippen LogP contribution in [-0.4, -0.2) is 57.1 Å². The molecule has 8 heteroatoms. The first kappa shape index (κ1) is 11.6. The van der Waals surface area contributed by atoms with Crippen LogP contribution in [0.4, 0.5) is 5.82 Å². The van der Waals surface area contributed by atoms with Crippen molar-refractivity contribution in [3.05, 3.63) is 17.5 Å². The van der Waals surface area contributed by atoms with E-state index in [1.54, 1.807) is 10.6 Å². The highest BCUT2D eigenvalue weighted by atomic mass is 35.5. The maximum absolute atomic E-state index is 9.40. The summed E-state index contributed by atoms with van der Waals surface area (Å²) in [6.45, 7) is 1.76. The molecule has 1 N–H and O–H groups in total. The maximum atomic E-state index is 9.40. The summed E-state index contributed by atoms with van der Waals surface area (Å²) in [4.78, 5) is 10.1. The molecule has 0 radical (unpaired) electrons. The van der Waals surface area contributed by atoms with Crippen molar-refractivity contribution in [1.82, 2.24) is 19.6 Å². The van der Waals surface area contributed by atoms with Gasteiger partial charge < -0.3 is 14.7 Å². The molecule has 1 aliphatic heterocycles. The number of aliphatic hydroxyl groups excluding tert-OH is 1. The van der Waals surface area contributed by atoms with E-state index in [2.05, 4.69) is 15.1 Å². The fourth-order valence-corrected chi connectivity index (χ4v) is 2.25. The zero-order valence-electron chi connectivity index (χ0n) is 9.53. The van der Waals surface area contributed by atoms with Gasteiger partial charge in [0.05, 0.1) is 25.9 Å². The largest absolute Gasteiger partial charge is 0.394 e. The zero-order chi connectivity index (χ0) is 12.5. The van der Waals surface area contributed by atoms with Crippen molar-refractivity contribution >= 4 is 23.2 Å². The third kappa shape index (κ3) is 1.90. The molecule has 0 saturated carbocycles. The number of aliphatic hydroxyl groups is 1. The minimum Gasteiger partial charge on any atom is -0.394 e. The summed E-state index contributed by atoms with van der Waals surface area (Å²) in [5.41, 5.74) is 0. The van der Waals surface area contributed by atoms with Gasteiger partial charge in [-0.05, 0) is 0 Å². The lowest BCUT2D eigenvalue weighted by Crippen LogP contribution is -2.48. The quantitative estimate of drug-likeness (QED) is 0.772. The van der Waals surface area contributed by atoms with Gasteiger partial charge in [-0.3, -0.25) is 0 Å². The van der Waals surface area contributed by atoms with Gasteiger partial charge in [-0.2, -0.15) is 19.6 Å². The van der Waals surface area contributed by atoms with E-state index in [1.807, 2.05) is 4.90 Å². The normalized spacial score (nSPS) is 20.6. The van der Waals surface area contributed by atoms with Gasteiger partial charge in [-0.1, -0.05) is 11.6 Å². The lowest BCUT2D eigenvalue weighted by Gasteiger charge is -2.35. The Morgan fingerprint density at radius 1 is 1.56 bits per heavy atom. The van der Waals surface area contributed by atoms with Crippen molar-refractivity contribution < 1.29 is 9.84 Å². The number of rotatable bonds is 2. The molecule has 18 heavy (non-hydrogen) atoms. The summed E-state index contributed by atoms with van der Waals surface area (Å²) in [6.07, 6.45) is 1.43. The Morgan fingerprint density at radius 2 is 2.44 bits per heavy atom. The molecule has 0 bridgehead atoms. The Labute approximate surface area is 108 Å². The van der Waals surface area contributed by atoms with Gasteiger partial charge in [0, 0.05) is 12.6 Å². The van der Waals surface area contributed by atoms with Crippen LogP contribution < -0.4 is 4.90 Å². The molecule has 0 amide bonds. The summed E-state index contributed by atoms with van der Waals surface area (Å²) in [5, 5.41) is 13.9. The fraction of sp³-hybridized carbons (Fsp3) is 0.500. The first-order chi connectivity index (χ1) is 8.79. The SMILES string of the molecule is OCC1COCCN1c1cc(Cl)nc2ncnn12. The topological polar surface area (TPSA) is 75.8 Å². The van der Waals surface area contributed by atoms with E-state index in [0.717, 1.165) is 5.82 Å². The van der Waals surface area contributed by atoms with E-state index < -0.39 is 0 Å². The molecule has 1 saturated heterocycles. The van der Waals surface area contributed by atoms with E-state index in [9.17, 15) is 5.11 Å². The lowest BCUT2D eigenvalue weighted by atomic mass is 10.2. The Balaban J connectivity index is 2.08. The van der Waals surface area contributed by atoms with Crippen LogP contribution in [0.25, 0.3) is 5.78 Å². The molecular formula is C10H12ClN5O2. The fourth-order valence-electron chi connectivity index (χ4n) is 2.08. The molecule has 2 aromatic heterocycles. The van der Waals surface area contributed by atoms with Crippen molar-refractivity contribution in [2.24, 2.45) is 0 Å². The van der Waals surface area contributed by atoms with Gasteiger partial charge in [0.1, 0.15) is 17.3 Å². The standard InChI is InChI=1S/C10H12ClN5O2/c11-8-3-9(16-10(14-8)12-6-13-16)15-1-2-18-5-7(15)4-17/h3,6-7,17H,1-2,4-5H2. The van der Waals surface area contributed by atoms with E-state index in [0.29, 0.717) is 30.7 Å². The molecule has 3 heterocycles. The third-order valence-electron chi connectivity index (χ3n) is 2.93. The highest BCUT2D eigenvalue weighted by molar-refractivity contribution is 6.29. The molecule has 0 spiro atoms. The molecule has 1 atom stereocenters. The van der Waals surface area contributed by atoms with Crippen molar-refractivity contribution in [3.8, 4) is 0 Å². The van der Waals surface area contributed by atoms with Crippen molar-refractivity contribution in [2.45, 2.75) is 6.04 Å². The van der Waals surface area contributed by atoms with Crippen LogP contribution in [0.3, 0.4) is 0 Å². The van der Waals surface area contributed by atoms with Gasteiger partial charge in [-0.15, -0.1) is 0 Å². The number of halogens is 1. The Bertz CT molecular complexity index is 560. The number of hydrogen-bond acceptors (Lipinski definition) is 6. The predicted octanol–water partition coefficient (Wildman–Crippen LogP) is -0.0248. The molecule has 1 fully saturated rings. The average molecular weight is 270 g/mol. The van der Waals surface area contributed by atoms with Crippen LogP contribution in [-0.2, 0) is 4.74 Å². The monoisotopic (exact) mass is 269 g/mol. The van der Waals surface area contributed by atoms with Gasteiger partial charge in [0.15, 0.2) is 0 Å². The number of nitrogens with zero attached hydrogens (tertiary/aromatic N) is 5. The number of hydrogen-bond donors (Lipinski definition) is 1. The van der Waals surface area contributed by atoms with Crippen molar-refractivity contribution in [1.29, 1.82) is 0 Å². The summed E-state index contributed by atoms with van der Waals surface area (Å²) < 4.78 is 6.96. The smallest absolute Gasteiger partial charge is 0.255 e. The number of ether oxygens (including phenoxy) is 1. The molecule has 0 aromatic carbocycles. The number of morpholine rings is 1. The Kier molecular flexibility index (Phi) is 3.02. The molecule has 1 unspecified atom stereocenters. The molecule has 96 valence electrons. The number of aromatic nitrogens is 4. The number of fused-ring (bicyclic) bond motifs is 1. The number of anilines is 1. The van der Waals surface area contributed by atoms with Crippen LogP contribution in [0.1, 0.15) is 0 Å². The third-order valence-corrected chi connectivity index (χ3v) is 3.13. The Morgan fingerprint density at radius 3 is 3.28 bits per heavy atom. The summed E-state index contributed by atoms with van der Waals surface area (Å²) in [5.74, 6) is 1.21. The first-order valence-corrected chi connectivity index (χ1v) is 5.99. The van der Waals surface area contributed by atoms with E-state index in [-0.39, 0.29) is 12.6 Å². The predicted molar refractivity (Wildman–Crippen MR) is 64.8 cm³/mol. The zero-order valence-corrected chi connectivity index (χ0v) is 10.3. The minimum absolute atomic E-state index is 0.0101. The van der Waals surface area contributed by atoms with Crippen LogP contribution in [0.2, 0.25) is 5.15 Å². The second-order valence-corrected chi connectivity index (χ2v) is 4.40. The molecule has 1 aliphatic rings. The highest BCUT2D eigenvalue weighted by Gasteiger charge is 2.25. The van der Waals surface area contributed by atoms with Crippen LogP contribution >= 0.6 is 11.6 Å². The van der Waals surface area contributed by atoms with Crippen molar-refractivity contribution in [2.75, 3.05) is 31.3 Å². The van der Waals surface area contributed by atoms with Gasteiger partial charge in [-0.25, -0.2) is 0 Å². The molecule has 7 nitrogen and oxygen atoms in total. The highest BCUT2D eigenvalue weighted by Crippen LogP contribution is 2.22. The second-order valence-electron chi connectivity index (χ2n) is 4.01. The molecule has 2 aromatic rings. The van der Waals surface area contributed by atoms with Crippen molar-refractivity contribution in [3.63, 3.8) is 0 Å². The van der Waals surface area contributed by atoms with Crippen LogP contribution in [0, 0.1) is 0 Å². The van der Waals surface area contributed by atoms with Crippen LogP contribution in [0.15, 0.2) is 12.4 Å². The summed E-state index contributed by atoms with van der Waals surface area (Å²) >= 11 is 5.98. The molecule has 3 rings (SSSR count). The molecule has 0 aliphatic carbocycles. The van der Waals surface area contributed by atoms with E-state index in [1.165, 1.54) is 6.33 Å². The van der Waals surface area contributed by atoms with E-state index >= 15 is 0 Å². The average Bonchev–Trinajstić information content (AvgIpc) is 2.85. The Hall–Kier alpha value is -1.44. The first-order valence-electron chi connectivity index (χ1n) is 5.61. The van der Waals surface area contributed by atoms with Gasteiger partial charge >= 0.3 is 0 Å². The minimum atomic E-state index is -0.107. The second kappa shape index (κ2) is 4.68. The van der Waals surface area contributed by atoms with Crippen LogP contribution in [0.5, 0.6) is 0 Å². The summed E-state index contributed by atoms with van der Waals surface area (Å²) in [7, 11) is 0. The maximum Gasteiger partial charge on any atom is 0.255 e. The lowest BCUT2D eigenvalue weighted by molar-refractivity contribution is 0.0720. The van der Waals surface area contributed by atoms with E-state index in [4.69, 9.17) is 16.3 Å².